The highest BCUT2D eigenvalue weighted by molar-refractivity contribution is 5.77. The van der Waals surface area contributed by atoms with E-state index in [0.717, 1.165) is 38.2 Å². The normalized spacial score (nSPS) is 15.9. The van der Waals surface area contributed by atoms with Crippen LogP contribution in [0.25, 0.3) is 0 Å². The zero-order chi connectivity index (χ0) is 18.2. The van der Waals surface area contributed by atoms with Gasteiger partial charge in [0.1, 0.15) is 0 Å². The van der Waals surface area contributed by atoms with Gasteiger partial charge in [-0.2, -0.15) is 0 Å². The number of likely N-dealkylation sites (tertiary alicyclic amines) is 1. The Balaban J connectivity index is 1.40. The van der Waals surface area contributed by atoms with Gasteiger partial charge in [-0.15, -0.1) is 0 Å². The molecule has 1 aliphatic heterocycles. The van der Waals surface area contributed by atoms with Crippen molar-refractivity contribution in [1.82, 2.24) is 19.8 Å². The van der Waals surface area contributed by atoms with Gasteiger partial charge in [0.15, 0.2) is 0 Å². The summed E-state index contributed by atoms with van der Waals surface area (Å²) in [4.78, 5) is 18.7. The van der Waals surface area contributed by atoms with Crippen molar-refractivity contribution in [2.24, 2.45) is 0 Å². The number of imidazole rings is 1. The quantitative estimate of drug-likeness (QED) is 0.786. The van der Waals surface area contributed by atoms with Crippen LogP contribution in [0.3, 0.4) is 0 Å². The van der Waals surface area contributed by atoms with Gasteiger partial charge in [-0.25, -0.2) is 4.98 Å². The number of methoxy groups -OCH3 is 1. The first-order chi connectivity index (χ1) is 12.8. The fourth-order valence-corrected chi connectivity index (χ4v) is 3.48. The van der Waals surface area contributed by atoms with E-state index < -0.39 is 0 Å². The van der Waals surface area contributed by atoms with Crippen LogP contribution in [-0.4, -0.2) is 53.7 Å². The summed E-state index contributed by atoms with van der Waals surface area (Å²) in [5.74, 6) is 0.688. The third-order valence-corrected chi connectivity index (χ3v) is 5.03. The Morgan fingerprint density at radius 3 is 2.77 bits per heavy atom. The van der Waals surface area contributed by atoms with Crippen molar-refractivity contribution in [3.05, 3.63) is 54.1 Å². The summed E-state index contributed by atoms with van der Waals surface area (Å²) < 4.78 is 7.10. The van der Waals surface area contributed by atoms with Crippen molar-refractivity contribution in [3.8, 4) is 0 Å². The molecule has 0 unspecified atom stereocenters. The van der Waals surface area contributed by atoms with Gasteiger partial charge in [-0.3, -0.25) is 9.69 Å². The molecule has 0 saturated carbocycles. The van der Waals surface area contributed by atoms with Crippen molar-refractivity contribution in [3.63, 3.8) is 0 Å². The molecule has 6 nitrogen and oxygen atoms in total. The van der Waals surface area contributed by atoms with Crippen molar-refractivity contribution in [1.29, 1.82) is 0 Å². The van der Waals surface area contributed by atoms with Crippen LogP contribution >= 0.6 is 0 Å². The summed E-state index contributed by atoms with van der Waals surface area (Å²) in [6.07, 6.45) is 5.79. The molecule has 1 N–H and O–H groups in total. The van der Waals surface area contributed by atoms with Crippen LogP contribution in [0.4, 0.5) is 0 Å². The molecule has 1 aromatic carbocycles. The maximum absolute atomic E-state index is 12.3. The number of carbonyl (C=O) groups is 1. The highest BCUT2D eigenvalue weighted by Gasteiger charge is 2.21. The molecule has 0 bridgehead atoms. The number of nitrogens with zero attached hydrogens (tertiary/aromatic N) is 3. The first kappa shape index (κ1) is 18.6. The van der Waals surface area contributed by atoms with Gasteiger partial charge in [0, 0.05) is 19.9 Å². The lowest BCUT2D eigenvalue weighted by atomic mass is 9.89. The molecule has 1 aliphatic rings. The Morgan fingerprint density at radius 1 is 1.27 bits per heavy atom. The lowest BCUT2D eigenvalue weighted by Crippen LogP contribution is -2.41. The minimum Gasteiger partial charge on any atom is -0.383 e. The van der Waals surface area contributed by atoms with Gasteiger partial charge < -0.3 is 14.6 Å². The summed E-state index contributed by atoms with van der Waals surface area (Å²) in [6, 6.07) is 10.7. The Kier molecular flexibility index (Phi) is 6.80. The number of amides is 1. The summed E-state index contributed by atoms with van der Waals surface area (Å²) in [5.41, 5.74) is 2.42. The van der Waals surface area contributed by atoms with Crippen LogP contribution in [0.2, 0.25) is 0 Å². The van der Waals surface area contributed by atoms with E-state index in [0.29, 0.717) is 25.6 Å². The van der Waals surface area contributed by atoms with E-state index in [-0.39, 0.29) is 5.91 Å². The lowest BCUT2D eigenvalue weighted by Gasteiger charge is -2.31. The summed E-state index contributed by atoms with van der Waals surface area (Å²) >= 11 is 0. The Labute approximate surface area is 155 Å². The van der Waals surface area contributed by atoms with Crippen molar-refractivity contribution in [2.75, 3.05) is 33.4 Å². The Hall–Kier alpha value is -2.18. The molecular weight excluding hydrogens is 328 g/mol. The molecule has 0 spiro atoms. The van der Waals surface area contributed by atoms with Gasteiger partial charge in [-0.05, 0) is 37.4 Å². The summed E-state index contributed by atoms with van der Waals surface area (Å²) in [7, 11) is 1.68. The average Bonchev–Trinajstić information content (AvgIpc) is 3.13. The van der Waals surface area contributed by atoms with Crippen LogP contribution in [-0.2, 0) is 22.6 Å². The molecule has 2 aromatic rings. The van der Waals surface area contributed by atoms with Crippen LogP contribution < -0.4 is 5.32 Å². The van der Waals surface area contributed by atoms with Crippen LogP contribution in [0, 0.1) is 0 Å². The molecule has 0 atom stereocenters. The topological polar surface area (TPSA) is 59.4 Å². The van der Waals surface area contributed by atoms with Crippen LogP contribution in [0.15, 0.2) is 42.9 Å². The molecule has 0 aliphatic carbocycles. The van der Waals surface area contributed by atoms with Crippen molar-refractivity contribution >= 4 is 5.91 Å². The fourth-order valence-electron chi connectivity index (χ4n) is 3.48. The van der Waals surface area contributed by atoms with Gasteiger partial charge in [0.25, 0.3) is 0 Å². The van der Waals surface area contributed by atoms with E-state index in [9.17, 15) is 4.79 Å². The second-order valence-corrected chi connectivity index (χ2v) is 6.81. The fraction of sp³-hybridized carbons (Fsp3) is 0.500. The zero-order valence-corrected chi connectivity index (χ0v) is 15.4. The lowest BCUT2D eigenvalue weighted by molar-refractivity contribution is -0.122. The van der Waals surface area contributed by atoms with Crippen molar-refractivity contribution in [2.45, 2.75) is 31.8 Å². The van der Waals surface area contributed by atoms with E-state index in [1.165, 1.54) is 5.56 Å². The van der Waals surface area contributed by atoms with Gasteiger partial charge >= 0.3 is 0 Å². The number of piperidine rings is 1. The maximum Gasteiger partial charge on any atom is 0.234 e. The number of benzene rings is 1. The first-order valence-corrected chi connectivity index (χ1v) is 9.28. The standard InChI is InChI=1S/C20H28N4O2/c1-26-12-11-24-16-21-13-19(24)14-22-20(25)15-23-9-7-18(8-10-23)17-5-3-2-4-6-17/h2-6,13,16,18H,7-12,14-15H2,1H3,(H,22,25). The van der Waals surface area contributed by atoms with Gasteiger partial charge in [0.05, 0.1) is 31.7 Å². The largest absolute Gasteiger partial charge is 0.383 e. The average molecular weight is 356 g/mol. The number of rotatable bonds is 8. The zero-order valence-electron chi connectivity index (χ0n) is 15.4. The van der Waals surface area contributed by atoms with E-state index >= 15 is 0 Å². The monoisotopic (exact) mass is 356 g/mol. The maximum atomic E-state index is 12.3. The van der Waals surface area contributed by atoms with Crippen molar-refractivity contribution < 1.29 is 9.53 Å². The molecule has 1 fully saturated rings. The Bertz CT molecular complexity index is 678. The summed E-state index contributed by atoms with van der Waals surface area (Å²) in [6.45, 7) is 4.29. The Morgan fingerprint density at radius 2 is 2.04 bits per heavy atom. The highest BCUT2D eigenvalue weighted by Crippen LogP contribution is 2.27. The molecule has 1 amide bonds. The van der Waals surface area contributed by atoms with E-state index in [2.05, 4.69) is 45.5 Å². The number of nitrogens with one attached hydrogen (secondary N) is 1. The number of carbonyl (C=O) groups excluding carboxylic acids is 1. The molecule has 1 saturated heterocycles. The minimum absolute atomic E-state index is 0.0719. The molecule has 1 aromatic heterocycles. The number of hydrogen-bond donors (Lipinski definition) is 1. The summed E-state index contributed by atoms with van der Waals surface area (Å²) in [5, 5.41) is 3.01. The van der Waals surface area contributed by atoms with E-state index in [1.807, 2.05) is 4.57 Å². The predicted octanol–water partition coefficient (Wildman–Crippen LogP) is 2.03. The highest BCUT2D eigenvalue weighted by atomic mass is 16.5. The van der Waals surface area contributed by atoms with Crippen LogP contribution in [0.5, 0.6) is 0 Å². The molecule has 140 valence electrons. The predicted molar refractivity (Wildman–Crippen MR) is 101 cm³/mol. The molecule has 0 radical (unpaired) electrons. The number of hydrogen-bond acceptors (Lipinski definition) is 4. The van der Waals surface area contributed by atoms with E-state index in [1.54, 1.807) is 19.6 Å². The number of ether oxygens (including phenoxy) is 1. The second-order valence-electron chi connectivity index (χ2n) is 6.81. The SMILES string of the molecule is COCCn1cncc1CNC(=O)CN1CCC(c2ccccc2)CC1. The first-order valence-electron chi connectivity index (χ1n) is 9.28. The third kappa shape index (κ3) is 5.16. The second kappa shape index (κ2) is 9.50. The molecule has 6 heteroatoms. The van der Waals surface area contributed by atoms with Gasteiger partial charge in [-0.1, -0.05) is 30.3 Å². The van der Waals surface area contributed by atoms with Gasteiger partial charge in [0.2, 0.25) is 5.91 Å². The smallest absolute Gasteiger partial charge is 0.234 e. The van der Waals surface area contributed by atoms with E-state index in [4.69, 9.17) is 4.74 Å². The molecule has 2 heterocycles. The molecular formula is C20H28N4O2. The number of aromatic nitrogens is 2. The molecule has 26 heavy (non-hydrogen) atoms. The third-order valence-electron chi connectivity index (χ3n) is 5.03. The van der Waals surface area contributed by atoms with Crippen LogP contribution in [0.1, 0.15) is 30.0 Å². The molecule has 3 rings (SSSR count). The minimum atomic E-state index is 0.0719.